The van der Waals surface area contributed by atoms with Crippen LogP contribution in [0.1, 0.15) is 25.8 Å². The second-order valence-corrected chi connectivity index (χ2v) is 6.93. The van der Waals surface area contributed by atoms with Crippen LogP contribution in [0.4, 0.5) is 5.69 Å². The summed E-state index contributed by atoms with van der Waals surface area (Å²) in [6.07, 6.45) is 1.02. The maximum atomic E-state index is 13.0. The number of anilines is 1. The number of piperazine rings is 1. The molecule has 0 aromatic heterocycles. The van der Waals surface area contributed by atoms with Crippen LogP contribution in [0.25, 0.3) is 0 Å². The summed E-state index contributed by atoms with van der Waals surface area (Å²) in [4.78, 5) is 30.9. The average molecular weight is 345 g/mol. The standard InChI is InChI=1S/C19H27N3O3/c1-3-16(24)13-20-8-10-21(11-9-20)19(25)18-12-15-6-4-5-7-17(15)22(18)14(2)23/h4-7,16,18,24H,3,8-13H2,1-2H3/t16-,18+/m1/s1. The van der Waals surface area contributed by atoms with E-state index in [0.717, 1.165) is 30.8 Å². The SMILES string of the molecule is CC[C@@H](O)CN1CCN(C(=O)[C@@H]2Cc3ccccc3N2C(C)=O)CC1. The lowest BCUT2D eigenvalue weighted by atomic mass is 10.1. The van der Waals surface area contributed by atoms with Crippen LogP contribution in [0, 0.1) is 0 Å². The summed E-state index contributed by atoms with van der Waals surface area (Å²) in [5, 5.41) is 9.79. The Kier molecular flexibility index (Phi) is 5.39. The van der Waals surface area contributed by atoms with E-state index in [9.17, 15) is 14.7 Å². The third-order valence-corrected chi connectivity index (χ3v) is 5.22. The molecule has 0 bridgehead atoms. The predicted octanol–water partition coefficient (Wildman–Crippen LogP) is 0.879. The van der Waals surface area contributed by atoms with Crippen LogP contribution in [0.3, 0.4) is 0 Å². The number of aliphatic hydroxyl groups is 1. The third kappa shape index (κ3) is 3.70. The van der Waals surface area contributed by atoms with Gasteiger partial charge in [-0.3, -0.25) is 19.4 Å². The number of hydrogen-bond acceptors (Lipinski definition) is 4. The highest BCUT2D eigenvalue weighted by molar-refractivity contribution is 6.02. The van der Waals surface area contributed by atoms with Gasteiger partial charge < -0.3 is 10.0 Å². The van der Waals surface area contributed by atoms with Gasteiger partial charge in [0.25, 0.3) is 0 Å². The Balaban J connectivity index is 1.65. The van der Waals surface area contributed by atoms with Crippen LogP contribution in [0.2, 0.25) is 0 Å². The van der Waals surface area contributed by atoms with Crippen molar-refractivity contribution in [3.8, 4) is 0 Å². The summed E-state index contributed by atoms with van der Waals surface area (Å²) < 4.78 is 0. The van der Waals surface area contributed by atoms with Gasteiger partial charge in [0.05, 0.1) is 6.10 Å². The van der Waals surface area contributed by atoms with E-state index in [0.29, 0.717) is 26.1 Å². The molecule has 0 aliphatic carbocycles. The van der Waals surface area contributed by atoms with Crippen molar-refractivity contribution < 1.29 is 14.7 Å². The van der Waals surface area contributed by atoms with E-state index in [1.54, 1.807) is 4.90 Å². The second-order valence-electron chi connectivity index (χ2n) is 6.93. The monoisotopic (exact) mass is 345 g/mol. The van der Waals surface area contributed by atoms with E-state index in [-0.39, 0.29) is 17.9 Å². The van der Waals surface area contributed by atoms with Gasteiger partial charge in [-0.2, -0.15) is 0 Å². The number of fused-ring (bicyclic) bond motifs is 1. The molecule has 6 heteroatoms. The highest BCUT2D eigenvalue weighted by Gasteiger charge is 2.39. The Bertz CT molecular complexity index is 641. The van der Waals surface area contributed by atoms with Crippen LogP contribution in [0.15, 0.2) is 24.3 Å². The maximum Gasteiger partial charge on any atom is 0.246 e. The number of rotatable bonds is 4. The molecule has 1 saturated heterocycles. The van der Waals surface area contributed by atoms with Gasteiger partial charge >= 0.3 is 0 Å². The molecule has 2 aliphatic heterocycles. The van der Waals surface area contributed by atoms with E-state index in [1.807, 2.05) is 36.1 Å². The van der Waals surface area contributed by atoms with E-state index >= 15 is 0 Å². The first kappa shape index (κ1) is 17.9. The molecular formula is C19H27N3O3. The van der Waals surface area contributed by atoms with Crippen LogP contribution in [-0.2, 0) is 16.0 Å². The number of carbonyl (C=O) groups excluding carboxylic acids is 2. The van der Waals surface area contributed by atoms with Crippen LogP contribution in [0.5, 0.6) is 0 Å². The fourth-order valence-corrected chi connectivity index (χ4v) is 3.76. The highest BCUT2D eigenvalue weighted by Crippen LogP contribution is 2.33. The smallest absolute Gasteiger partial charge is 0.246 e. The fourth-order valence-electron chi connectivity index (χ4n) is 3.76. The zero-order valence-electron chi connectivity index (χ0n) is 15.0. The zero-order valence-corrected chi connectivity index (χ0v) is 15.0. The van der Waals surface area contributed by atoms with Gasteiger partial charge in [0.15, 0.2) is 0 Å². The van der Waals surface area contributed by atoms with E-state index < -0.39 is 6.04 Å². The van der Waals surface area contributed by atoms with Gasteiger partial charge in [0.2, 0.25) is 11.8 Å². The van der Waals surface area contributed by atoms with Gasteiger partial charge in [-0.05, 0) is 18.1 Å². The van der Waals surface area contributed by atoms with Crippen LogP contribution in [-0.4, -0.2) is 71.6 Å². The number of para-hydroxylation sites is 1. The molecule has 0 radical (unpaired) electrons. The lowest BCUT2D eigenvalue weighted by Gasteiger charge is -2.37. The Morgan fingerprint density at radius 2 is 1.88 bits per heavy atom. The van der Waals surface area contributed by atoms with Crippen molar-refractivity contribution in [1.82, 2.24) is 9.80 Å². The molecule has 1 N–H and O–H groups in total. The Labute approximate surface area is 149 Å². The summed E-state index contributed by atoms with van der Waals surface area (Å²) >= 11 is 0. The van der Waals surface area contributed by atoms with Gasteiger partial charge in [-0.15, -0.1) is 0 Å². The number of β-amino-alcohol motifs (C(OH)–C–C–N with tert-alkyl or cyclic N) is 1. The van der Waals surface area contributed by atoms with Crippen LogP contribution >= 0.6 is 0 Å². The first-order chi connectivity index (χ1) is 12.0. The molecule has 6 nitrogen and oxygen atoms in total. The highest BCUT2D eigenvalue weighted by atomic mass is 16.3. The number of carbonyl (C=O) groups is 2. The van der Waals surface area contributed by atoms with Crippen molar-refractivity contribution in [2.24, 2.45) is 0 Å². The molecule has 0 saturated carbocycles. The summed E-state index contributed by atoms with van der Waals surface area (Å²) in [5.41, 5.74) is 1.92. The maximum absolute atomic E-state index is 13.0. The first-order valence-electron chi connectivity index (χ1n) is 9.08. The lowest BCUT2D eigenvalue weighted by Crippen LogP contribution is -2.55. The van der Waals surface area contributed by atoms with Crippen molar-refractivity contribution in [2.45, 2.75) is 38.8 Å². The van der Waals surface area contributed by atoms with Crippen molar-refractivity contribution in [2.75, 3.05) is 37.6 Å². The molecule has 1 fully saturated rings. The van der Waals surface area contributed by atoms with Crippen LogP contribution < -0.4 is 4.90 Å². The fraction of sp³-hybridized carbons (Fsp3) is 0.579. The topological polar surface area (TPSA) is 64.1 Å². The molecule has 1 aromatic carbocycles. The lowest BCUT2D eigenvalue weighted by molar-refractivity contribution is -0.135. The van der Waals surface area contributed by atoms with E-state index in [1.165, 1.54) is 6.92 Å². The quantitative estimate of drug-likeness (QED) is 0.880. The largest absolute Gasteiger partial charge is 0.392 e. The Morgan fingerprint density at radius 3 is 2.52 bits per heavy atom. The molecule has 3 rings (SSSR count). The molecule has 25 heavy (non-hydrogen) atoms. The van der Waals surface area contributed by atoms with Gasteiger partial charge in [-0.1, -0.05) is 25.1 Å². The number of aliphatic hydroxyl groups excluding tert-OH is 1. The Morgan fingerprint density at radius 1 is 1.20 bits per heavy atom. The zero-order chi connectivity index (χ0) is 18.0. The molecule has 1 aromatic rings. The summed E-state index contributed by atoms with van der Waals surface area (Å²) in [7, 11) is 0. The third-order valence-electron chi connectivity index (χ3n) is 5.22. The molecular weight excluding hydrogens is 318 g/mol. The molecule has 2 aliphatic rings. The van der Waals surface area contributed by atoms with Gasteiger partial charge in [-0.25, -0.2) is 0 Å². The first-order valence-corrected chi connectivity index (χ1v) is 9.08. The minimum absolute atomic E-state index is 0.0297. The average Bonchev–Trinajstić information content (AvgIpc) is 3.01. The number of hydrogen-bond donors (Lipinski definition) is 1. The van der Waals surface area contributed by atoms with E-state index in [4.69, 9.17) is 0 Å². The minimum atomic E-state index is -0.428. The van der Waals surface area contributed by atoms with Gasteiger partial charge in [0, 0.05) is 51.8 Å². The Hall–Kier alpha value is -1.92. The molecule has 2 atom stereocenters. The van der Waals surface area contributed by atoms with Crippen molar-refractivity contribution in [3.05, 3.63) is 29.8 Å². The van der Waals surface area contributed by atoms with E-state index in [2.05, 4.69) is 4.90 Å². The summed E-state index contributed by atoms with van der Waals surface area (Å²) in [5.74, 6) is -0.0601. The van der Waals surface area contributed by atoms with Gasteiger partial charge in [0.1, 0.15) is 6.04 Å². The van der Waals surface area contributed by atoms with Crippen molar-refractivity contribution >= 4 is 17.5 Å². The predicted molar refractivity (Wildman–Crippen MR) is 96.4 cm³/mol. The molecule has 2 heterocycles. The van der Waals surface area contributed by atoms with Crippen molar-refractivity contribution in [3.63, 3.8) is 0 Å². The minimum Gasteiger partial charge on any atom is -0.392 e. The normalized spacial score (nSPS) is 22.0. The van der Waals surface area contributed by atoms with Crippen molar-refractivity contribution in [1.29, 1.82) is 0 Å². The molecule has 136 valence electrons. The number of benzene rings is 1. The molecule has 0 spiro atoms. The summed E-state index contributed by atoms with van der Waals surface area (Å²) in [6.45, 7) is 6.98. The molecule has 2 amide bonds. The number of nitrogens with zero attached hydrogens (tertiary/aromatic N) is 3. The molecule has 0 unspecified atom stereocenters. The summed E-state index contributed by atoms with van der Waals surface area (Å²) in [6, 6.07) is 7.32. The number of amides is 2. The second kappa shape index (κ2) is 7.54.